The molecule has 1 heterocycles. The van der Waals surface area contributed by atoms with Crippen LogP contribution in [0.4, 0.5) is 0 Å². The Bertz CT molecular complexity index is 206. The standard InChI is InChI=1S/C12H23NO2/c1-10-8-11(2)13(9-10)7-5-3-4-6-12(14)15/h10-11H,3-9H2,1-2H3,(H,14,15). The van der Waals surface area contributed by atoms with Crippen LogP contribution in [-0.2, 0) is 4.79 Å². The van der Waals surface area contributed by atoms with Crippen molar-refractivity contribution in [2.75, 3.05) is 13.1 Å². The number of likely N-dealkylation sites (tertiary alicyclic amines) is 1. The van der Waals surface area contributed by atoms with E-state index >= 15 is 0 Å². The van der Waals surface area contributed by atoms with Crippen molar-refractivity contribution in [1.82, 2.24) is 4.90 Å². The molecule has 0 aliphatic carbocycles. The van der Waals surface area contributed by atoms with Crippen molar-refractivity contribution in [3.8, 4) is 0 Å². The molecule has 1 N–H and O–H groups in total. The predicted octanol–water partition coefficient (Wildman–Crippen LogP) is 2.36. The zero-order chi connectivity index (χ0) is 11.3. The number of carboxylic acid groups (broad SMARTS) is 1. The summed E-state index contributed by atoms with van der Waals surface area (Å²) in [6.45, 7) is 6.97. The fourth-order valence-electron chi connectivity index (χ4n) is 2.47. The SMILES string of the molecule is CC1CC(C)N(CCCCCC(=O)O)C1. The Morgan fingerprint density at radius 3 is 2.60 bits per heavy atom. The Balaban J connectivity index is 2.02. The van der Waals surface area contributed by atoms with Gasteiger partial charge in [0, 0.05) is 19.0 Å². The third-order valence-electron chi connectivity index (χ3n) is 3.25. The summed E-state index contributed by atoms with van der Waals surface area (Å²) in [5, 5.41) is 8.49. The molecule has 1 fully saturated rings. The van der Waals surface area contributed by atoms with Gasteiger partial charge < -0.3 is 10.0 Å². The highest BCUT2D eigenvalue weighted by Crippen LogP contribution is 2.22. The zero-order valence-electron chi connectivity index (χ0n) is 9.91. The van der Waals surface area contributed by atoms with E-state index < -0.39 is 5.97 Å². The third-order valence-corrected chi connectivity index (χ3v) is 3.25. The second-order valence-corrected chi connectivity index (χ2v) is 4.89. The van der Waals surface area contributed by atoms with Crippen LogP contribution in [0.1, 0.15) is 46.0 Å². The number of aliphatic carboxylic acids is 1. The number of hydrogen-bond acceptors (Lipinski definition) is 2. The van der Waals surface area contributed by atoms with Crippen molar-refractivity contribution in [3.63, 3.8) is 0 Å². The molecular formula is C12H23NO2. The van der Waals surface area contributed by atoms with Gasteiger partial charge in [0.25, 0.3) is 0 Å². The average molecular weight is 213 g/mol. The lowest BCUT2D eigenvalue weighted by Crippen LogP contribution is -2.28. The van der Waals surface area contributed by atoms with Crippen LogP contribution in [0.3, 0.4) is 0 Å². The van der Waals surface area contributed by atoms with Gasteiger partial charge in [-0.25, -0.2) is 0 Å². The van der Waals surface area contributed by atoms with Gasteiger partial charge in [-0.15, -0.1) is 0 Å². The van der Waals surface area contributed by atoms with Gasteiger partial charge in [0.05, 0.1) is 0 Å². The number of unbranched alkanes of at least 4 members (excludes halogenated alkanes) is 2. The molecule has 0 aromatic heterocycles. The van der Waals surface area contributed by atoms with E-state index in [1.54, 1.807) is 0 Å². The lowest BCUT2D eigenvalue weighted by Gasteiger charge is -2.20. The quantitative estimate of drug-likeness (QED) is 0.689. The fourth-order valence-corrected chi connectivity index (χ4v) is 2.47. The molecule has 3 nitrogen and oxygen atoms in total. The maximum atomic E-state index is 10.3. The second kappa shape index (κ2) is 6.11. The number of carboxylic acids is 1. The molecular weight excluding hydrogens is 190 g/mol. The highest BCUT2D eigenvalue weighted by Gasteiger charge is 2.24. The second-order valence-electron chi connectivity index (χ2n) is 4.89. The molecule has 0 radical (unpaired) electrons. The van der Waals surface area contributed by atoms with Gasteiger partial charge in [-0.05, 0) is 38.6 Å². The first-order valence-corrected chi connectivity index (χ1v) is 6.05. The zero-order valence-corrected chi connectivity index (χ0v) is 9.91. The molecule has 1 aliphatic heterocycles. The summed E-state index contributed by atoms with van der Waals surface area (Å²) in [7, 11) is 0. The molecule has 0 saturated carbocycles. The summed E-state index contributed by atoms with van der Waals surface area (Å²) >= 11 is 0. The van der Waals surface area contributed by atoms with Gasteiger partial charge in [-0.1, -0.05) is 13.3 Å². The van der Waals surface area contributed by atoms with Crippen LogP contribution >= 0.6 is 0 Å². The first kappa shape index (κ1) is 12.5. The van der Waals surface area contributed by atoms with Gasteiger partial charge in [0.15, 0.2) is 0 Å². The molecule has 1 rings (SSSR count). The van der Waals surface area contributed by atoms with E-state index in [1.165, 1.54) is 13.0 Å². The number of hydrogen-bond donors (Lipinski definition) is 1. The van der Waals surface area contributed by atoms with E-state index in [0.717, 1.165) is 37.8 Å². The molecule has 0 spiro atoms. The third kappa shape index (κ3) is 4.65. The van der Waals surface area contributed by atoms with E-state index in [-0.39, 0.29) is 0 Å². The van der Waals surface area contributed by atoms with E-state index in [4.69, 9.17) is 5.11 Å². The van der Waals surface area contributed by atoms with Crippen molar-refractivity contribution < 1.29 is 9.90 Å². The van der Waals surface area contributed by atoms with Crippen molar-refractivity contribution in [1.29, 1.82) is 0 Å². The monoisotopic (exact) mass is 213 g/mol. The number of nitrogens with zero attached hydrogens (tertiary/aromatic N) is 1. The molecule has 88 valence electrons. The van der Waals surface area contributed by atoms with E-state index in [2.05, 4.69) is 18.7 Å². The van der Waals surface area contributed by atoms with Crippen molar-refractivity contribution in [3.05, 3.63) is 0 Å². The molecule has 0 aromatic carbocycles. The first-order chi connectivity index (χ1) is 7.09. The minimum atomic E-state index is -0.668. The highest BCUT2D eigenvalue weighted by atomic mass is 16.4. The summed E-state index contributed by atoms with van der Waals surface area (Å²) in [5.74, 6) is 0.164. The van der Waals surface area contributed by atoms with E-state index in [9.17, 15) is 4.79 Å². The Hall–Kier alpha value is -0.570. The first-order valence-electron chi connectivity index (χ1n) is 6.05. The molecule has 3 heteroatoms. The van der Waals surface area contributed by atoms with E-state index in [1.807, 2.05) is 0 Å². The Morgan fingerprint density at radius 1 is 1.33 bits per heavy atom. The molecule has 0 aromatic rings. The van der Waals surface area contributed by atoms with E-state index in [0.29, 0.717) is 6.42 Å². The van der Waals surface area contributed by atoms with Crippen molar-refractivity contribution in [2.45, 2.75) is 52.0 Å². The summed E-state index contributed by atoms with van der Waals surface area (Å²) in [6.07, 6.45) is 4.66. The predicted molar refractivity (Wildman–Crippen MR) is 60.9 cm³/mol. The van der Waals surface area contributed by atoms with Crippen LogP contribution in [0.2, 0.25) is 0 Å². The van der Waals surface area contributed by atoms with Crippen LogP contribution in [-0.4, -0.2) is 35.1 Å². The highest BCUT2D eigenvalue weighted by molar-refractivity contribution is 5.66. The Morgan fingerprint density at radius 2 is 2.07 bits per heavy atom. The minimum Gasteiger partial charge on any atom is -0.481 e. The van der Waals surface area contributed by atoms with Gasteiger partial charge in [0.2, 0.25) is 0 Å². The van der Waals surface area contributed by atoms with Crippen LogP contribution in [0, 0.1) is 5.92 Å². The average Bonchev–Trinajstić information content (AvgIpc) is 2.44. The van der Waals surface area contributed by atoms with Crippen LogP contribution < -0.4 is 0 Å². The topological polar surface area (TPSA) is 40.5 Å². The van der Waals surface area contributed by atoms with Crippen LogP contribution in [0.15, 0.2) is 0 Å². The summed E-state index contributed by atoms with van der Waals surface area (Å²) < 4.78 is 0. The number of rotatable bonds is 6. The lowest BCUT2D eigenvalue weighted by atomic mass is 10.1. The Kier molecular flexibility index (Phi) is 5.09. The summed E-state index contributed by atoms with van der Waals surface area (Å²) in [4.78, 5) is 12.8. The summed E-state index contributed by atoms with van der Waals surface area (Å²) in [5.41, 5.74) is 0. The Labute approximate surface area is 92.5 Å². The smallest absolute Gasteiger partial charge is 0.303 e. The number of carbonyl (C=O) groups is 1. The van der Waals surface area contributed by atoms with Crippen LogP contribution in [0.25, 0.3) is 0 Å². The molecule has 15 heavy (non-hydrogen) atoms. The van der Waals surface area contributed by atoms with Gasteiger partial charge >= 0.3 is 5.97 Å². The molecule has 2 unspecified atom stereocenters. The lowest BCUT2D eigenvalue weighted by molar-refractivity contribution is -0.137. The fraction of sp³-hybridized carbons (Fsp3) is 0.917. The largest absolute Gasteiger partial charge is 0.481 e. The molecule has 0 bridgehead atoms. The molecule has 1 aliphatic rings. The molecule has 2 atom stereocenters. The normalized spacial score (nSPS) is 27.1. The van der Waals surface area contributed by atoms with Gasteiger partial charge in [-0.3, -0.25) is 4.79 Å². The summed E-state index contributed by atoms with van der Waals surface area (Å²) in [6, 6.07) is 0.722. The van der Waals surface area contributed by atoms with Crippen molar-refractivity contribution in [2.24, 2.45) is 5.92 Å². The maximum Gasteiger partial charge on any atom is 0.303 e. The van der Waals surface area contributed by atoms with Gasteiger partial charge in [0.1, 0.15) is 0 Å². The van der Waals surface area contributed by atoms with Gasteiger partial charge in [-0.2, -0.15) is 0 Å². The minimum absolute atomic E-state index is 0.325. The molecule has 1 saturated heterocycles. The van der Waals surface area contributed by atoms with Crippen molar-refractivity contribution >= 4 is 5.97 Å². The molecule has 0 amide bonds. The maximum absolute atomic E-state index is 10.3. The van der Waals surface area contributed by atoms with Crippen LogP contribution in [0.5, 0.6) is 0 Å².